The highest BCUT2D eigenvalue weighted by molar-refractivity contribution is 6.30. The molecule has 0 aliphatic heterocycles. The van der Waals surface area contributed by atoms with Crippen LogP contribution in [-0.2, 0) is 12.8 Å². The first-order chi connectivity index (χ1) is 10.1. The molecule has 0 aromatic heterocycles. The normalized spacial score (nSPS) is 12.0. The van der Waals surface area contributed by atoms with E-state index in [9.17, 15) is 5.11 Å². The van der Waals surface area contributed by atoms with Crippen LogP contribution in [0.15, 0.2) is 42.5 Å². The third-order valence-corrected chi connectivity index (χ3v) is 3.56. The van der Waals surface area contributed by atoms with Crippen LogP contribution in [0.25, 0.3) is 0 Å². The van der Waals surface area contributed by atoms with Crippen LogP contribution in [0.3, 0.4) is 0 Å². The molecule has 0 spiro atoms. The van der Waals surface area contributed by atoms with Gasteiger partial charge in [0.25, 0.3) is 0 Å². The van der Waals surface area contributed by atoms with Gasteiger partial charge in [-0.05, 0) is 48.2 Å². The van der Waals surface area contributed by atoms with Crippen molar-refractivity contribution in [2.24, 2.45) is 0 Å². The molecule has 2 aromatic rings. The number of methoxy groups -OCH3 is 2. The molecule has 3 nitrogen and oxygen atoms in total. The molecule has 2 aromatic carbocycles. The molecule has 0 radical (unpaired) electrons. The first kappa shape index (κ1) is 15.7. The Kier molecular flexibility index (Phi) is 5.48. The molecule has 0 aliphatic rings. The van der Waals surface area contributed by atoms with Crippen molar-refractivity contribution in [3.8, 4) is 11.5 Å². The summed E-state index contributed by atoms with van der Waals surface area (Å²) in [6, 6.07) is 13.2. The summed E-state index contributed by atoms with van der Waals surface area (Å²) in [6.07, 6.45) is 0.693. The van der Waals surface area contributed by atoms with Gasteiger partial charge in [-0.3, -0.25) is 0 Å². The molecule has 112 valence electrons. The number of aliphatic hydroxyl groups excluding tert-OH is 1. The molecule has 4 heteroatoms. The molecule has 21 heavy (non-hydrogen) atoms. The van der Waals surface area contributed by atoms with Crippen molar-refractivity contribution < 1.29 is 14.6 Å². The lowest BCUT2D eigenvalue weighted by Gasteiger charge is -2.13. The van der Waals surface area contributed by atoms with E-state index >= 15 is 0 Å². The third kappa shape index (κ3) is 4.38. The van der Waals surface area contributed by atoms with Crippen LogP contribution in [0.2, 0.25) is 5.02 Å². The smallest absolute Gasteiger partial charge is 0.160 e. The molecular formula is C17H19ClO3. The molecule has 1 N–H and O–H groups in total. The van der Waals surface area contributed by atoms with E-state index in [0.29, 0.717) is 29.4 Å². The monoisotopic (exact) mass is 306 g/mol. The van der Waals surface area contributed by atoms with Crippen molar-refractivity contribution in [3.63, 3.8) is 0 Å². The Balaban J connectivity index is 2.02. The lowest BCUT2D eigenvalue weighted by atomic mass is 10.0. The van der Waals surface area contributed by atoms with Crippen LogP contribution in [0.5, 0.6) is 11.5 Å². The lowest BCUT2D eigenvalue weighted by molar-refractivity contribution is 0.175. The lowest BCUT2D eigenvalue weighted by Crippen LogP contribution is -2.14. The number of hydrogen-bond donors (Lipinski definition) is 1. The van der Waals surface area contributed by atoms with Crippen LogP contribution in [0.1, 0.15) is 11.1 Å². The van der Waals surface area contributed by atoms with E-state index in [4.69, 9.17) is 21.1 Å². The van der Waals surface area contributed by atoms with E-state index in [2.05, 4.69) is 0 Å². The Labute approximate surface area is 130 Å². The number of ether oxygens (including phenoxy) is 2. The fraction of sp³-hybridized carbons (Fsp3) is 0.294. The third-order valence-electron chi connectivity index (χ3n) is 3.30. The number of benzene rings is 2. The second-order valence-electron chi connectivity index (χ2n) is 4.88. The molecule has 1 unspecified atom stereocenters. The molecule has 1 atom stereocenters. The second kappa shape index (κ2) is 7.34. The van der Waals surface area contributed by atoms with Crippen LogP contribution in [-0.4, -0.2) is 25.4 Å². The van der Waals surface area contributed by atoms with Gasteiger partial charge in [0.2, 0.25) is 0 Å². The Morgan fingerprint density at radius 2 is 1.48 bits per heavy atom. The van der Waals surface area contributed by atoms with Gasteiger partial charge in [-0.2, -0.15) is 0 Å². The van der Waals surface area contributed by atoms with Gasteiger partial charge < -0.3 is 14.6 Å². The highest BCUT2D eigenvalue weighted by Crippen LogP contribution is 2.28. The molecule has 0 aliphatic carbocycles. The highest BCUT2D eigenvalue weighted by Gasteiger charge is 2.10. The summed E-state index contributed by atoms with van der Waals surface area (Å²) in [5.74, 6) is 1.36. The quantitative estimate of drug-likeness (QED) is 0.887. The van der Waals surface area contributed by atoms with Gasteiger partial charge in [-0.25, -0.2) is 0 Å². The van der Waals surface area contributed by atoms with Gasteiger partial charge in [0.15, 0.2) is 11.5 Å². The number of halogens is 1. The van der Waals surface area contributed by atoms with Gasteiger partial charge in [0.1, 0.15) is 0 Å². The zero-order chi connectivity index (χ0) is 15.2. The molecule has 0 amide bonds. The molecule has 0 fully saturated rings. The topological polar surface area (TPSA) is 38.7 Å². The molecule has 0 bridgehead atoms. The molecule has 0 saturated carbocycles. The first-order valence-corrected chi connectivity index (χ1v) is 7.13. The zero-order valence-electron chi connectivity index (χ0n) is 12.2. The average molecular weight is 307 g/mol. The predicted molar refractivity (Wildman–Crippen MR) is 84.4 cm³/mol. The van der Waals surface area contributed by atoms with Gasteiger partial charge in [-0.15, -0.1) is 0 Å². The minimum atomic E-state index is -0.454. The summed E-state index contributed by atoms with van der Waals surface area (Å²) in [6.45, 7) is 0. The minimum absolute atomic E-state index is 0.454. The summed E-state index contributed by atoms with van der Waals surface area (Å²) in [5, 5.41) is 10.9. The Hall–Kier alpha value is -1.71. The summed E-state index contributed by atoms with van der Waals surface area (Å²) in [5.41, 5.74) is 2.07. The van der Waals surface area contributed by atoms with Gasteiger partial charge >= 0.3 is 0 Å². The molecular weight excluding hydrogens is 288 g/mol. The average Bonchev–Trinajstić information content (AvgIpc) is 2.49. The maximum Gasteiger partial charge on any atom is 0.160 e. The SMILES string of the molecule is COc1ccc(CC(O)Cc2ccc(Cl)cc2)cc1OC. The van der Waals surface area contributed by atoms with Crippen LogP contribution >= 0.6 is 11.6 Å². The minimum Gasteiger partial charge on any atom is -0.493 e. The predicted octanol–water partition coefficient (Wildman–Crippen LogP) is 3.50. The summed E-state index contributed by atoms with van der Waals surface area (Å²) < 4.78 is 10.5. The Bertz CT molecular complexity index is 581. The maximum absolute atomic E-state index is 10.2. The fourth-order valence-corrected chi connectivity index (χ4v) is 2.37. The summed E-state index contributed by atoms with van der Waals surface area (Å²) >= 11 is 5.85. The zero-order valence-corrected chi connectivity index (χ0v) is 12.9. The van der Waals surface area contributed by atoms with E-state index in [1.165, 1.54) is 0 Å². The number of rotatable bonds is 6. The van der Waals surface area contributed by atoms with Crippen molar-refractivity contribution in [3.05, 3.63) is 58.6 Å². The Morgan fingerprint density at radius 3 is 2.10 bits per heavy atom. The van der Waals surface area contributed by atoms with E-state index in [0.717, 1.165) is 11.1 Å². The van der Waals surface area contributed by atoms with Crippen molar-refractivity contribution >= 4 is 11.6 Å². The molecule has 0 heterocycles. The summed E-state index contributed by atoms with van der Waals surface area (Å²) in [4.78, 5) is 0. The standard InChI is InChI=1S/C17H19ClO3/c1-20-16-8-5-13(11-17(16)21-2)10-15(19)9-12-3-6-14(18)7-4-12/h3-8,11,15,19H,9-10H2,1-2H3. The van der Waals surface area contributed by atoms with Crippen molar-refractivity contribution in [1.82, 2.24) is 0 Å². The van der Waals surface area contributed by atoms with Gasteiger partial charge in [0, 0.05) is 5.02 Å². The van der Waals surface area contributed by atoms with E-state index in [1.54, 1.807) is 14.2 Å². The van der Waals surface area contributed by atoms with Gasteiger partial charge in [-0.1, -0.05) is 29.8 Å². The van der Waals surface area contributed by atoms with E-state index in [-0.39, 0.29) is 0 Å². The number of hydrogen-bond acceptors (Lipinski definition) is 3. The van der Waals surface area contributed by atoms with Crippen LogP contribution in [0.4, 0.5) is 0 Å². The molecule has 0 saturated heterocycles. The first-order valence-electron chi connectivity index (χ1n) is 6.75. The largest absolute Gasteiger partial charge is 0.493 e. The fourth-order valence-electron chi connectivity index (χ4n) is 2.24. The van der Waals surface area contributed by atoms with E-state index < -0.39 is 6.10 Å². The number of aliphatic hydroxyl groups is 1. The van der Waals surface area contributed by atoms with Crippen molar-refractivity contribution in [1.29, 1.82) is 0 Å². The Morgan fingerprint density at radius 1 is 0.905 bits per heavy atom. The summed E-state index contributed by atoms with van der Waals surface area (Å²) in [7, 11) is 3.21. The van der Waals surface area contributed by atoms with Crippen molar-refractivity contribution in [2.75, 3.05) is 14.2 Å². The van der Waals surface area contributed by atoms with Gasteiger partial charge in [0.05, 0.1) is 20.3 Å². The molecule has 2 rings (SSSR count). The van der Waals surface area contributed by atoms with Crippen LogP contribution in [0, 0.1) is 0 Å². The van der Waals surface area contributed by atoms with Crippen molar-refractivity contribution in [2.45, 2.75) is 18.9 Å². The van der Waals surface area contributed by atoms with Crippen LogP contribution < -0.4 is 9.47 Å². The van der Waals surface area contributed by atoms with E-state index in [1.807, 2.05) is 42.5 Å². The maximum atomic E-state index is 10.2. The second-order valence-corrected chi connectivity index (χ2v) is 5.31. The highest BCUT2D eigenvalue weighted by atomic mass is 35.5.